The summed E-state index contributed by atoms with van der Waals surface area (Å²) in [5, 5.41) is 3.28. The normalized spacial score (nSPS) is 10.6. The molecule has 0 unspecified atom stereocenters. The fourth-order valence-corrected chi connectivity index (χ4v) is 2.79. The van der Waals surface area contributed by atoms with Crippen molar-refractivity contribution < 1.29 is 9.53 Å². The quantitative estimate of drug-likeness (QED) is 0.704. The van der Waals surface area contributed by atoms with Gasteiger partial charge in [-0.3, -0.25) is 18.7 Å². The summed E-state index contributed by atoms with van der Waals surface area (Å²) in [6, 6.07) is 4.95. The summed E-state index contributed by atoms with van der Waals surface area (Å²) in [5.41, 5.74) is 5.07. The van der Waals surface area contributed by atoms with Gasteiger partial charge in [0, 0.05) is 19.3 Å². The number of halogens is 1. The van der Waals surface area contributed by atoms with Gasteiger partial charge in [0.05, 0.1) is 18.7 Å². The number of rotatable bonds is 7. The zero-order chi connectivity index (χ0) is 19.4. The van der Waals surface area contributed by atoms with E-state index in [0.717, 1.165) is 4.57 Å². The van der Waals surface area contributed by atoms with E-state index in [4.69, 9.17) is 22.1 Å². The van der Waals surface area contributed by atoms with Gasteiger partial charge in [-0.2, -0.15) is 0 Å². The van der Waals surface area contributed by atoms with E-state index in [-0.39, 0.29) is 17.9 Å². The summed E-state index contributed by atoms with van der Waals surface area (Å²) >= 11 is 6.04. The highest BCUT2D eigenvalue weighted by atomic mass is 35.5. The van der Waals surface area contributed by atoms with E-state index in [1.54, 1.807) is 18.2 Å². The summed E-state index contributed by atoms with van der Waals surface area (Å²) < 4.78 is 7.19. The molecule has 0 fully saturated rings. The summed E-state index contributed by atoms with van der Waals surface area (Å²) in [7, 11) is 2.82. The van der Waals surface area contributed by atoms with Crippen molar-refractivity contribution in [3.63, 3.8) is 0 Å². The maximum absolute atomic E-state index is 12.6. The smallest absolute Gasteiger partial charge is 0.332 e. The predicted molar refractivity (Wildman–Crippen MR) is 101 cm³/mol. The summed E-state index contributed by atoms with van der Waals surface area (Å²) in [6.07, 6.45) is 0.637. The SMILES string of the molecule is CCCn1c(N)c(C(=O)CNc2ccc(OC)c(Cl)c2)c(=O)n(C)c1=O. The molecule has 0 spiro atoms. The van der Waals surface area contributed by atoms with Crippen LogP contribution in [-0.4, -0.2) is 28.6 Å². The Kier molecular flexibility index (Phi) is 6.10. The standard InChI is InChI=1S/C17H21ClN4O4/c1-4-7-22-15(19)14(16(24)21(2)17(22)25)12(23)9-20-10-5-6-13(26-3)11(18)8-10/h5-6,8,20H,4,7,9,19H2,1-3H3. The third-order valence-electron chi connectivity index (χ3n) is 3.91. The highest BCUT2D eigenvalue weighted by Gasteiger charge is 2.21. The number of benzene rings is 1. The van der Waals surface area contributed by atoms with E-state index in [1.807, 2.05) is 6.92 Å². The lowest BCUT2D eigenvalue weighted by atomic mass is 10.2. The summed E-state index contributed by atoms with van der Waals surface area (Å²) in [4.78, 5) is 37.0. The van der Waals surface area contributed by atoms with Crippen molar-refractivity contribution in [3.8, 4) is 5.75 Å². The zero-order valence-corrected chi connectivity index (χ0v) is 15.6. The maximum Gasteiger partial charge on any atom is 0.332 e. The number of nitrogens with zero attached hydrogens (tertiary/aromatic N) is 2. The van der Waals surface area contributed by atoms with Crippen molar-refractivity contribution in [1.82, 2.24) is 9.13 Å². The van der Waals surface area contributed by atoms with E-state index in [9.17, 15) is 14.4 Å². The molecule has 140 valence electrons. The minimum atomic E-state index is -0.709. The highest BCUT2D eigenvalue weighted by molar-refractivity contribution is 6.32. The van der Waals surface area contributed by atoms with Crippen molar-refractivity contribution in [1.29, 1.82) is 0 Å². The van der Waals surface area contributed by atoms with E-state index in [1.165, 1.54) is 18.7 Å². The monoisotopic (exact) mass is 380 g/mol. The van der Waals surface area contributed by atoms with Crippen LogP contribution in [0.25, 0.3) is 0 Å². The third-order valence-corrected chi connectivity index (χ3v) is 4.21. The molecule has 1 aromatic heterocycles. The van der Waals surface area contributed by atoms with Gasteiger partial charge in [0.15, 0.2) is 5.78 Å². The van der Waals surface area contributed by atoms with Crippen molar-refractivity contribution >= 4 is 28.9 Å². The van der Waals surface area contributed by atoms with Crippen molar-refractivity contribution in [3.05, 3.63) is 49.6 Å². The molecule has 0 atom stereocenters. The van der Waals surface area contributed by atoms with Crippen LogP contribution in [-0.2, 0) is 13.6 Å². The van der Waals surface area contributed by atoms with E-state index < -0.39 is 17.0 Å². The number of carbonyl (C=O) groups is 1. The molecule has 1 aromatic carbocycles. The number of nitrogens with one attached hydrogen (secondary N) is 1. The largest absolute Gasteiger partial charge is 0.495 e. The number of hydrogen-bond donors (Lipinski definition) is 2. The molecule has 2 aromatic rings. The Hall–Kier alpha value is -2.74. The van der Waals surface area contributed by atoms with Crippen LogP contribution < -0.4 is 27.0 Å². The third kappa shape index (κ3) is 3.75. The van der Waals surface area contributed by atoms with E-state index >= 15 is 0 Å². The van der Waals surface area contributed by atoms with Gasteiger partial charge >= 0.3 is 5.69 Å². The molecule has 8 nitrogen and oxygen atoms in total. The number of nitrogen functional groups attached to an aromatic ring is 1. The Morgan fingerprint density at radius 3 is 2.62 bits per heavy atom. The Morgan fingerprint density at radius 1 is 1.35 bits per heavy atom. The van der Waals surface area contributed by atoms with Crippen LogP contribution in [0.4, 0.5) is 11.5 Å². The highest BCUT2D eigenvalue weighted by Crippen LogP contribution is 2.27. The van der Waals surface area contributed by atoms with Gasteiger partial charge in [-0.05, 0) is 24.6 Å². The first-order valence-electron chi connectivity index (χ1n) is 8.01. The van der Waals surface area contributed by atoms with E-state index in [0.29, 0.717) is 29.4 Å². The Labute approximate surface area is 155 Å². The van der Waals surface area contributed by atoms with Gasteiger partial charge in [0.25, 0.3) is 5.56 Å². The Bertz CT molecular complexity index is 949. The minimum Gasteiger partial charge on any atom is -0.495 e. The molecular weight excluding hydrogens is 360 g/mol. The number of methoxy groups -OCH3 is 1. The number of hydrogen-bond acceptors (Lipinski definition) is 6. The lowest BCUT2D eigenvalue weighted by Crippen LogP contribution is -2.43. The predicted octanol–water partition coefficient (Wildman–Crippen LogP) is 1.50. The second-order valence-electron chi connectivity index (χ2n) is 5.68. The van der Waals surface area contributed by atoms with Crippen LogP contribution in [0.2, 0.25) is 5.02 Å². The molecule has 0 saturated heterocycles. The lowest BCUT2D eigenvalue weighted by Gasteiger charge is -2.14. The van der Waals surface area contributed by atoms with Crippen LogP contribution in [0, 0.1) is 0 Å². The van der Waals surface area contributed by atoms with Crippen LogP contribution in [0.5, 0.6) is 5.75 Å². The number of ketones is 1. The second-order valence-corrected chi connectivity index (χ2v) is 6.09. The van der Waals surface area contributed by atoms with Gasteiger partial charge in [0.2, 0.25) is 0 Å². The fourth-order valence-electron chi connectivity index (χ4n) is 2.53. The molecule has 0 radical (unpaired) electrons. The first-order valence-corrected chi connectivity index (χ1v) is 8.39. The lowest BCUT2D eigenvalue weighted by molar-refractivity contribution is 0.100. The molecular formula is C17H21ClN4O4. The van der Waals surface area contributed by atoms with Crippen LogP contribution >= 0.6 is 11.6 Å². The average Bonchev–Trinajstić information content (AvgIpc) is 2.62. The maximum atomic E-state index is 12.6. The molecule has 0 aliphatic rings. The molecule has 0 aliphatic carbocycles. The van der Waals surface area contributed by atoms with Crippen molar-refractivity contribution in [2.24, 2.45) is 7.05 Å². The minimum absolute atomic E-state index is 0.112. The van der Waals surface area contributed by atoms with Gasteiger partial charge < -0.3 is 15.8 Å². The van der Waals surface area contributed by atoms with Gasteiger partial charge in [-0.25, -0.2) is 4.79 Å². The fraction of sp³-hybridized carbons (Fsp3) is 0.353. The van der Waals surface area contributed by atoms with Crippen LogP contribution in [0.1, 0.15) is 23.7 Å². The number of carbonyl (C=O) groups excluding carboxylic acids is 1. The average molecular weight is 381 g/mol. The van der Waals surface area contributed by atoms with Gasteiger partial charge in [0.1, 0.15) is 17.1 Å². The zero-order valence-electron chi connectivity index (χ0n) is 14.8. The van der Waals surface area contributed by atoms with Gasteiger partial charge in [-0.15, -0.1) is 0 Å². The van der Waals surface area contributed by atoms with Gasteiger partial charge in [-0.1, -0.05) is 18.5 Å². The van der Waals surface area contributed by atoms with Crippen LogP contribution in [0.3, 0.4) is 0 Å². The summed E-state index contributed by atoms with van der Waals surface area (Å²) in [5.74, 6) is -0.118. The van der Waals surface area contributed by atoms with Crippen molar-refractivity contribution in [2.75, 3.05) is 24.7 Å². The molecule has 9 heteroatoms. The summed E-state index contributed by atoms with van der Waals surface area (Å²) in [6.45, 7) is 2.01. The Balaban J connectivity index is 2.31. The number of Topliss-reactive ketones (excluding diaryl/α,β-unsaturated/α-hetero) is 1. The van der Waals surface area contributed by atoms with Crippen LogP contribution in [0.15, 0.2) is 27.8 Å². The van der Waals surface area contributed by atoms with E-state index in [2.05, 4.69) is 5.32 Å². The molecule has 26 heavy (non-hydrogen) atoms. The molecule has 0 amide bonds. The molecule has 0 saturated carbocycles. The molecule has 0 bridgehead atoms. The number of ether oxygens (including phenoxy) is 1. The topological polar surface area (TPSA) is 108 Å². The number of anilines is 2. The first-order chi connectivity index (χ1) is 12.3. The first kappa shape index (κ1) is 19.6. The molecule has 2 rings (SSSR count). The Morgan fingerprint density at radius 2 is 2.04 bits per heavy atom. The molecule has 1 heterocycles. The van der Waals surface area contributed by atoms with Crippen molar-refractivity contribution in [2.45, 2.75) is 19.9 Å². The molecule has 0 aliphatic heterocycles. The second kappa shape index (κ2) is 8.09. The molecule has 3 N–H and O–H groups in total. The number of aromatic nitrogens is 2. The number of nitrogens with two attached hydrogens (primary N) is 1.